The maximum absolute atomic E-state index is 12.1. The standard InChI is InChI=1S/C14H22N2O2/c1-6-10-11(9-7-15-16(5)8-9)12(10)13(17)18-14(2,3)4/h7-8,10-12H,6H2,1-5H3. The van der Waals surface area contributed by atoms with Crippen molar-refractivity contribution >= 4 is 5.97 Å². The lowest BCUT2D eigenvalue weighted by molar-refractivity contribution is -0.157. The minimum absolute atomic E-state index is 0.0124. The van der Waals surface area contributed by atoms with Crippen LogP contribution < -0.4 is 0 Å². The molecule has 1 saturated carbocycles. The topological polar surface area (TPSA) is 44.1 Å². The van der Waals surface area contributed by atoms with E-state index in [1.807, 2.05) is 40.2 Å². The molecule has 2 rings (SSSR count). The van der Waals surface area contributed by atoms with Crippen molar-refractivity contribution in [3.63, 3.8) is 0 Å². The number of ether oxygens (including phenoxy) is 1. The molecule has 1 aliphatic rings. The van der Waals surface area contributed by atoms with E-state index >= 15 is 0 Å². The largest absolute Gasteiger partial charge is 0.460 e. The Bertz CT molecular complexity index is 445. The van der Waals surface area contributed by atoms with Crippen molar-refractivity contribution in [1.29, 1.82) is 0 Å². The second-order valence-corrected chi connectivity index (χ2v) is 6.10. The zero-order chi connectivity index (χ0) is 13.5. The maximum atomic E-state index is 12.1. The van der Waals surface area contributed by atoms with Crippen LogP contribution in [0.15, 0.2) is 12.4 Å². The Morgan fingerprint density at radius 3 is 2.61 bits per heavy atom. The van der Waals surface area contributed by atoms with Gasteiger partial charge in [-0.25, -0.2) is 0 Å². The van der Waals surface area contributed by atoms with Gasteiger partial charge in [0.2, 0.25) is 0 Å². The summed E-state index contributed by atoms with van der Waals surface area (Å²) in [6, 6.07) is 0. The number of carbonyl (C=O) groups excluding carboxylic acids is 1. The van der Waals surface area contributed by atoms with Crippen LogP contribution in [0, 0.1) is 11.8 Å². The van der Waals surface area contributed by atoms with Crippen molar-refractivity contribution in [3.8, 4) is 0 Å². The van der Waals surface area contributed by atoms with Gasteiger partial charge in [-0.3, -0.25) is 9.48 Å². The third-order valence-electron chi connectivity index (χ3n) is 3.43. The first-order valence-corrected chi connectivity index (χ1v) is 6.55. The van der Waals surface area contributed by atoms with E-state index in [4.69, 9.17) is 4.74 Å². The lowest BCUT2D eigenvalue weighted by Crippen LogP contribution is -2.25. The van der Waals surface area contributed by atoms with E-state index < -0.39 is 5.60 Å². The summed E-state index contributed by atoms with van der Waals surface area (Å²) in [6.07, 6.45) is 4.86. The first-order valence-electron chi connectivity index (χ1n) is 6.55. The number of hydrogen-bond acceptors (Lipinski definition) is 3. The fraction of sp³-hybridized carbons (Fsp3) is 0.714. The molecule has 100 valence electrons. The molecule has 0 radical (unpaired) electrons. The molecule has 1 aliphatic carbocycles. The number of carbonyl (C=O) groups is 1. The van der Waals surface area contributed by atoms with E-state index in [9.17, 15) is 4.79 Å². The highest BCUT2D eigenvalue weighted by atomic mass is 16.6. The van der Waals surface area contributed by atoms with Gasteiger partial charge in [0.15, 0.2) is 0 Å². The zero-order valence-electron chi connectivity index (χ0n) is 11.8. The molecule has 1 aromatic rings. The predicted octanol–water partition coefficient (Wildman–Crippen LogP) is 2.50. The third-order valence-corrected chi connectivity index (χ3v) is 3.43. The minimum Gasteiger partial charge on any atom is -0.460 e. The van der Waals surface area contributed by atoms with Gasteiger partial charge in [-0.1, -0.05) is 13.3 Å². The zero-order valence-corrected chi connectivity index (χ0v) is 11.8. The Balaban J connectivity index is 2.08. The molecule has 0 bridgehead atoms. The number of rotatable bonds is 3. The van der Waals surface area contributed by atoms with Crippen LogP contribution >= 0.6 is 0 Å². The fourth-order valence-electron chi connectivity index (χ4n) is 2.64. The second-order valence-electron chi connectivity index (χ2n) is 6.10. The highest BCUT2D eigenvalue weighted by Crippen LogP contribution is 2.56. The van der Waals surface area contributed by atoms with Gasteiger partial charge in [-0.15, -0.1) is 0 Å². The highest BCUT2D eigenvalue weighted by Gasteiger charge is 2.56. The summed E-state index contributed by atoms with van der Waals surface area (Å²) in [5.41, 5.74) is 0.748. The predicted molar refractivity (Wildman–Crippen MR) is 69.1 cm³/mol. The van der Waals surface area contributed by atoms with Crippen LogP contribution in [0.5, 0.6) is 0 Å². The molecule has 1 aromatic heterocycles. The van der Waals surface area contributed by atoms with Crippen molar-refractivity contribution in [2.45, 2.75) is 45.6 Å². The molecule has 1 fully saturated rings. The number of aryl methyl sites for hydroxylation is 1. The van der Waals surface area contributed by atoms with Crippen LogP contribution in [0.4, 0.5) is 0 Å². The highest BCUT2D eigenvalue weighted by molar-refractivity contribution is 5.78. The van der Waals surface area contributed by atoms with E-state index in [1.54, 1.807) is 4.68 Å². The lowest BCUT2D eigenvalue weighted by Gasteiger charge is -2.19. The Labute approximate surface area is 108 Å². The summed E-state index contributed by atoms with van der Waals surface area (Å²) in [4.78, 5) is 12.1. The monoisotopic (exact) mass is 250 g/mol. The molecule has 1 heterocycles. The average Bonchev–Trinajstić information content (AvgIpc) is 2.83. The molecular formula is C14H22N2O2. The lowest BCUT2D eigenvalue weighted by atomic mass is 10.1. The van der Waals surface area contributed by atoms with Crippen molar-refractivity contribution < 1.29 is 9.53 Å². The molecule has 4 heteroatoms. The number of aromatic nitrogens is 2. The second kappa shape index (κ2) is 4.41. The van der Waals surface area contributed by atoms with Crippen molar-refractivity contribution in [3.05, 3.63) is 18.0 Å². The summed E-state index contributed by atoms with van der Waals surface area (Å²) in [6.45, 7) is 7.85. The van der Waals surface area contributed by atoms with E-state index in [0.717, 1.165) is 12.0 Å². The summed E-state index contributed by atoms with van der Waals surface area (Å²) in [7, 11) is 1.90. The van der Waals surface area contributed by atoms with Crippen molar-refractivity contribution in [2.75, 3.05) is 0 Å². The van der Waals surface area contributed by atoms with Gasteiger partial charge in [0.25, 0.3) is 0 Å². The summed E-state index contributed by atoms with van der Waals surface area (Å²) in [5, 5.41) is 4.18. The molecule has 0 aromatic carbocycles. The van der Waals surface area contributed by atoms with Crippen LogP contribution in [0.2, 0.25) is 0 Å². The van der Waals surface area contributed by atoms with Gasteiger partial charge in [0.05, 0.1) is 12.1 Å². The Kier molecular flexibility index (Phi) is 3.21. The molecule has 0 N–H and O–H groups in total. The molecule has 4 nitrogen and oxygen atoms in total. The molecule has 0 amide bonds. The van der Waals surface area contributed by atoms with Crippen LogP contribution in [-0.4, -0.2) is 21.4 Å². The summed E-state index contributed by atoms with van der Waals surface area (Å²) < 4.78 is 7.27. The summed E-state index contributed by atoms with van der Waals surface area (Å²) >= 11 is 0. The quantitative estimate of drug-likeness (QED) is 0.774. The first kappa shape index (κ1) is 13.1. The van der Waals surface area contributed by atoms with Crippen LogP contribution in [0.1, 0.15) is 45.6 Å². The van der Waals surface area contributed by atoms with Crippen molar-refractivity contribution in [2.24, 2.45) is 18.9 Å². The molecule has 3 atom stereocenters. The van der Waals surface area contributed by atoms with Crippen LogP contribution in [-0.2, 0) is 16.6 Å². The van der Waals surface area contributed by atoms with E-state index in [1.165, 1.54) is 0 Å². The van der Waals surface area contributed by atoms with Gasteiger partial charge < -0.3 is 4.74 Å². The maximum Gasteiger partial charge on any atom is 0.310 e. The Morgan fingerprint density at radius 2 is 2.17 bits per heavy atom. The van der Waals surface area contributed by atoms with Gasteiger partial charge in [0.1, 0.15) is 5.60 Å². The van der Waals surface area contributed by atoms with Gasteiger partial charge >= 0.3 is 5.97 Å². The molecular weight excluding hydrogens is 228 g/mol. The smallest absolute Gasteiger partial charge is 0.310 e. The molecule has 0 saturated heterocycles. The minimum atomic E-state index is -0.405. The first-order chi connectivity index (χ1) is 8.33. The SMILES string of the molecule is CCC1C(C(=O)OC(C)(C)C)C1c1cnn(C)c1. The fourth-order valence-corrected chi connectivity index (χ4v) is 2.64. The van der Waals surface area contributed by atoms with E-state index in [2.05, 4.69) is 12.0 Å². The number of nitrogens with zero attached hydrogens (tertiary/aromatic N) is 2. The molecule has 0 aliphatic heterocycles. The Morgan fingerprint density at radius 1 is 1.50 bits per heavy atom. The molecule has 3 unspecified atom stereocenters. The normalized spacial score (nSPS) is 27.1. The van der Waals surface area contributed by atoms with Crippen LogP contribution in [0.3, 0.4) is 0 Å². The Hall–Kier alpha value is -1.32. The summed E-state index contributed by atoms with van der Waals surface area (Å²) in [5.74, 6) is 0.643. The molecule has 0 spiro atoms. The van der Waals surface area contributed by atoms with Gasteiger partial charge in [-0.05, 0) is 32.3 Å². The van der Waals surface area contributed by atoms with Crippen LogP contribution in [0.25, 0.3) is 0 Å². The third kappa shape index (κ3) is 2.57. The van der Waals surface area contributed by atoms with Gasteiger partial charge in [-0.2, -0.15) is 5.10 Å². The van der Waals surface area contributed by atoms with Crippen molar-refractivity contribution in [1.82, 2.24) is 9.78 Å². The van der Waals surface area contributed by atoms with E-state index in [0.29, 0.717) is 11.8 Å². The average molecular weight is 250 g/mol. The molecule has 18 heavy (non-hydrogen) atoms. The number of esters is 1. The van der Waals surface area contributed by atoms with E-state index in [-0.39, 0.29) is 11.9 Å². The van der Waals surface area contributed by atoms with Gasteiger partial charge in [0, 0.05) is 19.2 Å². The number of hydrogen-bond donors (Lipinski definition) is 0.